The third kappa shape index (κ3) is 5.79. The summed E-state index contributed by atoms with van der Waals surface area (Å²) in [6, 6.07) is 3.72. The van der Waals surface area contributed by atoms with Crippen LogP contribution >= 0.6 is 0 Å². The number of allylic oxidation sites excluding steroid dienone is 5. The molecule has 3 unspecified atom stereocenters. The molecule has 1 nitrogen and oxygen atoms in total. The second-order valence-electron chi connectivity index (χ2n) is 11.3. The average Bonchev–Trinajstić information content (AvgIpc) is 3.72. The zero-order chi connectivity index (χ0) is 24.4. The van der Waals surface area contributed by atoms with Crippen molar-refractivity contribution >= 4 is 0 Å². The van der Waals surface area contributed by atoms with E-state index in [9.17, 15) is 4.39 Å². The van der Waals surface area contributed by atoms with E-state index in [4.69, 9.17) is 4.74 Å². The topological polar surface area (TPSA) is 12.5 Å². The van der Waals surface area contributed by atoms with Crippen molar-refractivity contribution in [2.24, 2.45) is 23.7 Å². The van der Waals surface area contributed by atoms with Crippen LogP contribution in [0.3, 0.4) is 0 Å². The molecular formula is C31H39F3O. The molecule has 2 saturated carbocycles. The molecule has 0 aromatic heterocycles. The van der Waals surface area contributed by atoms with Gasteiger partial charge >= 0.3 is 0 Å². The summed E-state index contributed by atoms with van der Waals surface area (Å²) in [6.07, 6.45) is 19.9. The fraction of sp³-hybridized carbons (Fsp3) is 0.613. The van der Waals surface area contributed by atoms with Crippen LogP contribution < -0.4 is 0 Å². The lowest BCUT2D eigenvalue weighted by atomic mass is 9.76. The number of hydrogen-bond donors (Lipinski definition) is 0. The van der Waals surface area contributed by atoms with Crippen LogP contribution in [-0.2, 0) is 4.74 Å². The molecule has 0 radical (unpaired) electrons. The Balaban J connectivity index is 1.15. The predicted molar refractivity (Wildman–Crippen MR) is 135 cm³/mol. The maximum Gasteiger partial charge on any atom is 0.162 e. The molecule has 1 heterocycles. The van der Waals surface area contributed by atoms with Crippen molar-refractivity contribution in [1.82, 2.24) is 0 Å². The smallest absolute Gasteiger partial charge is 0.162 e. The van der Waals surface area contributed by atoms with Crippen molar-refractivity contribution in [2.45, 2.75) is 89.1 Å². The average molecular weight is 485 g/mol. The summed E-state index contributed by atoms with van der Waals surface area (Å²) < 4.78 is 50.1. The lowest BCUT2D eigenvalue weighted by Crippen LogP contribution is -2.17. The van der Waals surface area contributed by atoms with Crippen LogP contribution in [0.25, 0.3) is 0 Å². The molecule has 4 heteroatoms. The molecule has 0 amide bonds. The van der Waals surface area contributed by atoms with E-state index in [1.54, 1.807) is 6.08 Å². The van der Waals surface area contributed by atoms with Crippen molar-refractivity contribution in [1.29, 1.82) is 0 Å². The second-order valence-corrected chi connectivity index (χ2v) is 11.3. The van der Waals surface area contributed by atoms with Crippen LogP contribution in [-0.4, -0.2) is 12.7 Å². The predicted octanol–water partition coefficient (Wildman–Crippen LogP) is 8.92. The lowest BCUT2D eigenvalue weighted by Gasteiger charge is -2.30. The van der Waals surface area contributed by atoms with E-state index in [0.717, 1.165) is 70.8 Å². The van der Waals surface area contributed by atoms with Gasteiger partial charge in [-0.2, -0.15) is 0 Å². The third-order valence-corrected chi connectivity index (χ3v) is 9.02. The highest BCUT2D eigenvalue weighted by Crippen LogP contribution is 2.42. The molecule has 1 aliphatic heterocycles. The minimum absolute atomic E-state index is 0.0189. The second kappa shape index (κ2) is 11.1. The molecule has 3 aliphatic carbocycles. The molecule has 4 aliphatic rings. The quantitative estimate of drug-likeness (QED) is 0.290. The largest absolute Gasteiger partial charge is 0.372 e. The Morgan fingerprint density at radius 1 is 0.714 bits per heavy atom. The Hall–Kier alpha value is -1.81. The van der Waals surface area contributed by atoms with E-state index < -0.39 is 11.6 Å². The van der Waals surface area contributed by atoms with E-state index in [1.165, 1.54) is 0 Å². The van der Waals surface area contributed by atoms with Gasteiger partial charge in [-0.3, -0.25) is 0 Å². The summed E-state index contributed by atoms with van der Waals surface area (Å²) in [5, 5.41) is 0. The molecule has 35 heavy (non-hydrogen) atoms. The van der Waals surface area contributed by atoms with Gasteiger partial charge in [0.05, 0.1) is 12.7 Å². The molecule has 5 rings (SSSR count). The number of benzene rings is 1. The lowest BCUT2D eigenvalue weighted by molar-refractivity contribution is 0.315. The number of epoxide rings is 1. The molecular weight excluding hydrogens is 445 g/mol. The first-order valence-electron chi connectivity index (χ1n) is 13.8. The molecule has 0 bridgehead atoms. The number of ether oxygens (including phenoxy) is 1. The van der Waals surface area contributed by atoms with Crippen LogP contribution in [0, 0.1) is 35.3 Å². The first-order valence-corrected chi connectivity index (χ1v) is 13.8. The van der Waals surface area contributed by atoms with Crippen molar-refractivity contribution in [3.05, 3.63) is 71.1 Å². The van der Waals surface area contributed by atoms with Crippen molar-refractivity contribution in [3.8, 4) is 0 Å². The molecule has 1 aromatic carbocycles. The van der Waals surface area contributed by atoms with Gasteiger partial charge in [0.2, 0.25) is 0 Å². The van der Waals surface area contributed by atoms with Gasteiger partial charge in [0.1, 0.15) is 5.83 Å². The Morgan fingerprint density at radius 2 is 1.26 bits per heavy atom. The molecule has 0 N–H and O–H groups in total. The standard InChI is InChI=1S/C31H39F3O/c1-2-3-20-4-9-22(10-5-20)26-16-17-27(31(34)30(26)33)23-11-6-21(7-12-23)8-13-24-14-15-25(18-28(24)32)29-19-35-29/h2-3,8,13,16-18,20-25,29H,4-7,9-12,14-15,19H2,1H3/b3-2+,13-8+. The van der Waals surface area contributed by atoms with Crippen LogP contribution in [0.2, 0.25) is 0 Å². The van der Waals surface area contributed by atoms with Crippen molar-refractivity contribution in [2.75, 3.05) is 6.61 Å². The van der Waals surface area contributed by atoms with E-state index in [1.807, 2.05) is 25.1 Å². The van der Waals surface area contributed by atoms with E-state index in [0.29, 0.717) is 23.0 Å². The summed E-state index contributed by atoms with van der Waals surface area (Å²) in [5.74, 6) is 0.0285. The SMILES string of the molecule is C/C=C/C1CCC(c2ccc(C3CCC(/C=C/C4CCC(C5CO5)C=C4F)CC3)c(F)c2F)CC1. The van der Waals surface area contributed by atoms with Crippen LogP contribution in [0.15, 0.2) is 48.3 Å². The summed E-state index contributed by atoms with van der Waals surface area (Å²) in [4.78, 5) is 0. The van der Waals surface area contributed by atoms with Gasteiger partial charge in [0.15, 0.2) is 11.6 Å². The van der Waals surface area contributed by atoms with Crippen molar-refractivity contribution < 1.29 is 17.9 Å². The van der Waals surface area contributed by atoms with E-state index >= 15 is 8.78 Å². The molecule has 3 atom stereocenters. The number of hydrogen-bond acceptors (Lipinski definition) is 1. The van der Waals surface area contributed by atoms with Gasteiger partial charge in [-0.25, -0.2) is 13.2 Å². The Kier molecular flexibility index (Phi) is 7.86. The normalized spacial score (nSPS) is 36.0. The van der Waals surface area contributed by atoms with Gasteiger partial charge in [0, 0.05) is 11.8 Å². The molecule has 190 valence electrons. The van der Waals surface area contributed by atoms with Crippen LogP contribution in [0.4, 0.5) is 13.2 Å². The minimum Gasteiger partial charge on any atom is -0.372 e. The van der Waals surface area contributed by atoms with E-state index in [-0.39, 0.29) is 35.6 Å². The highest BCUT2D eigenvalue weighted by molar-refractivity contribution is 5.32. The van der Waals surface area contributed by atoms with Gasteiger partial charge in [-0.1, -0.05) is 36.4 Å². The first-order chi connectivity index (χ1) is 17.0. The number of rotatable bonds is 6. The van der Waals surface area contributed by atoms with Gasteiger partial charge in [0.25, 0.3) is 0 Å². The molecule has 1 aromatic rings. The monoisotopic (exact) mass is 484 g/mol. The number of halogens is 3. The zero-order valence-corrected chi connectivity index (χ0v) is 20.9. The van der Waals surface area contributed by atoms with Crippen molar-refractivity contribution in [3.63, 3.8) is 0 Å². The molecule has 0 spiro atoms. The highest BCUT2D eigenvalue weighted by atomic mass is 19.2. The first kappa shape index (κ1) is 24.9. The Morgan fingerprint density at radius 3 is 1.74 bits per heavy atom. The fourth-order valence-electron chi connectivity index (χ4n) is 6.72. The van der Waals surface area contributed by atoms with Gasteiger partial charge < -0.3 is 4.74 Å². The van der Waals surface area contributed by atoms with E-state index in [2.05, 4.69) is 18.2 Å². The zero-order valence-electron chi connectivity index (χ0n) is 20.9. The summed E-state index contributed by atoms with van der Waals surface area (Å²) in [7, 11) is 0. The summed E-state index contributed by atoms with van der Waals surface area (Å²) in [5.41, 5.74) is 1.12. The van der Waals surface area contributed by atoms with Crippen LogP contribution in [0.1, 0.15) is 94.1 Å². The summed E-state index contributed by atoms with van der Waals surface area (Å²) >= 11 is 0. The molecule has 3 fully saturated rings. The van der Waals surface area contributed by atoms with Gasteiger partial charge in [-0.15, -0.1) is 0 Å². The maximum absolute atomic E-state index is 15.2. The Labute approximate surface area is 208 Å². The van der Waals surface area contributed by atoms with Crippen LogP contribution in [0.5, 0.6) is 0 Å². The Bertz CT molecular complexity index is 960. The highest BCUT2D eigenvalue weighted by Gasteiger charge is 2.35. The minimum atomic E-state index is -0.624. The maximum atomic E-state index is 15.2. The molecule has 1 saturated heterocycles. The third-order valence-electron chi connectivity index (χ3n) is 9.02. The summed E-state index contributed by atoms with van der Waals surface area (Å²) in [6.45, 7) is 2.81. The fourth-order valence-corrected chi connectivity index (χ4v) is 6.72. The van der Waals surface area contributed by atoms with Gasteiger partial charge in [-0.05, 0) is 112 Å².